The number of ether oxygens (including phenoxy) is 3. The Labute approximate surface area is 198 Å². The molecule has 0 unspecified atom stereocenters. The normalized spacial score (nSPS) is 13.2. The number of rotatable bonds is 7. The average Bonchev–Trinajstić information content (AvgIpc) is 2.89. The first-order valence-corrected chi connectivity index (χ1v) is 11.0. The summed E-state index contributed by atoms with van der Waals surface area (Å²) in [4.78, 5) is 28.2. The van der Waals surface area contributed by atoms with Gasteiger partial charge >= 0.3 is 0 Å². The van der Waals surface area contributed by atoms with Crippen LogP contribution in [0.4, 0.5) is 17.1 Å². The minimum Gasteiger partial charge on any atom is -0.496 e. The maximum absolute atomic E-state index is 13.1. The summed E-state index contributed by atoms with van der Waals surface area (Å²) < 4.78 is 16.1. The molecule has 34 heavy (non-hydrogen) atoms. The van der Waals surface area contributed by atoms with Crippen molar-refractivity contribution in [2.45, 2.75) is 0 Å². The molecule has 1 fully saturated rings. The second-order valence-corrected chi connectivity index (χ2v) is 7.64. The number of hydrogen-bond donors (Lipinski definition) is 2. The first-order chi connectivity index (χ1) is 16.6. The lowest BCUT2D eigenvalue weighted by atomic mass is 10.1. The topological polar surface area (TPSA) is 89.1 Å². The highest BCUT2D eigenvalue weighted by Crippen LogP contribution is 2.32. The number of nitrogens with one attached hydrogen (secondary N) is 2. The van der Waals surface area contributed by atoms with Gasteiger partial charge in [0.05, 0.1) is 49.9 Å². The highest BCUT2D eigenvalue weighted by atomic mass is 16.5. The van der Waals surface area contributed by atoms with Crippen LogP contribution < -0.4 is 25.0 Å². The number of nitrogens with zero attached hydrogens (tertiary/aromatic N) is 1. The van der Waals surface area contributed by atoms with Gasteiger partial charge in [0.1, 0.15) is 11.5 Å². The van der Waals surface area contributed by atoms with E-state index in [0.29, 0.717) is 60.3 Å². The van der Waals surface area contributed by atoms with Crippen molar-refractivity contribution in [3.63, 3.8) is 0 Å². The van der Waals surface area contributed by atoms with Gasteiger partial charge in [0, 0.05) is 18.8 Å². The van der Waals surface area contributed by atoms with Gasteiger partial charge in [-0.2, -0.15) is 0 Å². The van der Waals surface area contributed by atoms with Crippen LogP contribution in [0.3, 0.4) is 0 Å². The summed E-state index contributed by atoms with van der Waals surface area (Å²) in [5.41, 5.74) is 2.81. The van der Waals surface area contributed by atoms with Crippen molar-refractivity contribution in [2.24, 2.45) is 0 Å². The molecule has 0 radical (unpaired) electrons. The zero-order valence-corrected chi connectivity index (χ0v) is 19.2. The maximum Gasteiger partial charge on any atom is 0.259 e. The second kappa shape index (κ2) is 10.7. The Hall–Kier alpha value is -4.04. The molecule has 3 aromatic carbocycles. The van der Waals surface area contributed by atoms with Crippen molar-refractivity contribution in [3.05, 3.63) is 77.9 Å². The zero-order valence-electron chi connectivity index (χ0n) is 19.2. The Bertz CT molecular complexity index is 1170. The minimum atomic E-state index is -0.307. The molecule has 0 aliphatic carbocycles. The smallest absolute Gasteiger partial charge is 0.259 e. The Balaban J connectivity index is 1.64. The van der Waals surface area contributed by atoms with Crippen LogP contribution in [0.15, 0.2) is 66.7 Å². The molecule has 2 amide bonds. The molecule has 176 valence electrons. The van der Waals surface area contributed by atoms with Crippen molar-refractivity contribution in [1.29, 1.82) is 0 Å². The monoisotopic (exact) mass is 461 g/mol. The summed E-state index contributed by atoms with van der Waals surface area (Å²) in [6, 6.07) is 19.5. The van der Waals surface area contributed by atoms with Gasteiger partial charge < -0.3 is 29.7 Å². The van der Waals surface area contributed by atoms with Crippen molar-refractivity contribution in [2.75, 3.05) is 56.1 Å². The van der Waals surface area contributed by atoms with E-state index in [1.807, 2.05) is 18.2 Å². The fraction of sp³-hybridized carbons (Fsp3) is 0.231. The Morgan fingerprint density at radius 2 is 1.35 bits per heavy atom. The Morgan fingerprint density at radius 1 is 0.794 bits per heavy atom. The van der Waals surface area contributed by atoms with Crippen LogP contribution in [0.1, 0.15) is 20.7 Å². The summed E-state index contributed by atoms with van der Waals surface area (Å²) in [6.45, 7) is 2.60. The van der Waals surface area contributed by atoms with Crippen molar-refractivity contribution in [3.8, 4) is 11.5 Å². The Kier molecular flexibility index (Phi) is 7.29. The third kappa shape index (κ3) is 5.13. The van der Waals surface area contributed by atoms with Crippen molar-refractivity contribution in [1.82, 2.24) is 0 Å². The van der Waals surface area contributed by atoms with Crippen LogP contribution in [-0.4, -0.2) is 52.3 Å². The molecule has 1 saturated heterocycles. The van der Waals surface area contributed by atoms with Gasteiger partial charge in [-0.25, -0.2) is 0 Å². The lowest BCUT2D eigenvalue weighted by Crippen LogP contribution is -2.36. The number of carbonyl (C=O) groups is 2. The van der Waals surface area contributed by atoms with E-state index in [2.05, 4.69) is 15.5 Å². The number of amides is 2. The SMILES string of the molecule is COc1ccccc1C(=O)Nc1ccc(N2CCOCC2)c(NC(=O)c2ccccc2OC)c1. The Morgan fingerprint density at radius 3 is 1.94 bits per heavy atom. The number of anilines is 3. The van der Waals surface area contributed by atoms with E-state index in [9.17, 15) is 9.59 Å². The van der Waals surface area contributed by atoms with E-state index >= 15 is 0 Å². The van der Waals surface area contributed by atoms with E-state index in [1.165, 1.54) is 14.2 Å². The highest BCUT2D eigenvalue weighted by Gasteiger charge is 2.20. The number of hydrogen-bond acceptors (Lipinski definition) is 6. The van der Waals surface area contributed by atoms with Gasteiger partial charge in [-0.1, -0.05) is 24.3 Å². The number of morpholine rings is 1. The number of para-hydroxylation sites is 2. The molecule has 0 saturated carbocycles. The molecule has 2 N–H and O–H groups in total. The third-order valence-corrected chi connectivity index (χ3v) is 5.56. The molecular weight excluding hydrogens is 434 g/mol. The van der Waals surface area contributed by atoms with Gasteiger partial charge in [0.25, 0.3) is 11.8 Å². The summed E-state index contributed by atoms with van der Waals surface area (Å²) in [7, 11) is 3.05. The van der Waals surface area contributed by atoms with Crippen LogP contribution >= 0.6 is 0 Å². The molecular formula is C26H27N3O5. The van der Waals surface area contributed by atoms with E-state index in [4.69, 9.17) is 14.2 Å². The van der Waals surface area contributed by atoms with Crippen molar-refractivity contribution < 1.29 is 23.8 Å². The van der Waals surface area contributed by atoms with E-state index in [0.717, 1.165) is 5.69 Å². The molecule has 0 bridgehead atoms. The van der Waals surface area contributed by atoms with Crippen LogP contribution in [0.5, 0.6) is 11.5 Å². The molecule has 8 heteroatoms. The largest absolute Gasteiger partial charge is 0.496 e. The van der Waals surface area contributed by atoms with E-state index in [-0.39, 0.29) is 11.8 Å². The molecule has 0 atom stereocenters. The van der Waals surface area contributed by atoms with Crippen LogP contribution in [-0.2, 0) is 4.74 Å². The molecule has 0 spiro atoms. The first-order valence-electron chi connectivity index (χ1n) is 11.0. The first kappa shape index (κ1) is 23.1. The van der Waals surface area contributed by atoms with Crippen molar-refractivity contribution >= 4 is 28.9 Å². The van der Waals surface area contributed by atoms with Crippen LogP contribution in [0.25, 0.3) is 0 Å². The zero-order chi connectivity index (χ0) is 23.9. The molecule has 1 aliphatic rings. The molecule has 1 heterocycles. The van der Waals surface area contributed by atoms with Gasteiger partial charge in [-0.05, 0) is 42.5 Å². The van der Waals surface area contributed by atoms with Gasteiger partial charge in [-0.3, -0.25) is 9.59 Å². The fourth-order valence-electron chi connectivity index (χ4n) is 3.85. The predicted octanol–water partition coefficient (Wildman–Crippen LogP) is 4.05. The highest BCUT2D eigenvalue weighted by molar-refractivity contribution is 6.09. The number of benzene rings is 3. The molecule has 8 nitrogen and oxygen atoms in total. The number of methoxy groups -OCH3 is 2. The van der Waals surface area contributed by atoms with Gasteiger partial charge in [0.2, 0.25) is 0 Å². The minimum absolute atomic E-state index is 0.305. The lowest BCUT2D eigenvalue weighted by molar-refractivity contribution is 0.101. The fourth-order valence-corrected chi connectivity index (χ4v) is 3.85. The maximum atomic E-state index is 13.1. The molecule has 0 aromatic heterocycles. The van der Waals surface area contributed by atoms with Gasteiger partial charge in [0.15, 0.2) is 0 Å². The van der Waals surface area contributed by atoms with Crippen LogP contribution in [0.2, 0.25) is 0 Å². The summed E-state index contributed by atoms with van der Waals surface area (Å²) in [6.07, 6.45) is 0. The molecule has 1 aliphatic heterocycles. The predicted molar refractivity (Wildman–Crippen MR) is 131 cm³/mol. The number of carbonyl (C=O) groups excluding carboxylic acids is 2. The van der Waals surface area contributed by atoms with Crippen LogP contribution in [0, 0.1) is 0 Å². The lowest BCUT2D eigenvalue weighted by Gasteiger charge is -2.31. The second-order valence-electron chi connectivity index (χ2n) is 7.64. The third-order valence-electron chi connectivity index (χ3n) is 5.56. The summed E-state index contributed by atoms with van der Waals surface area (Å²) in [5, 5.41) is 5.90. The quantitative estimate of drug-likeness (QED) is 0.552. The standard InChI is InChI=1S/C26H27N3O5/c1-32-23-9-5-3-7-19(23)25(30)27-18-11-12-22(29-13-15-34-16-14-29)21(17-18)28-26(31)20-8-4-6-10-24(20)33-2/h3-12,17H,13-16H2,1-2H3,(H,27,30)(H,28,31). The van der Waals surface area contributed by atoms with E-state index in [1.54, 1.807) is 48.5 Å². The average molecular weight is 462 g/mol. The molecule has 4 rings (SSSR count). The van der Waals surface area contributed by atoms with E-state index < -0.39 is 0 Å². The van der Waals surface area contributed by atoms with Gasteiger partial charge in [-0.15, -0.1) is 0 Å². The molecule has 3 aromatic rings. The summed E-state index contributed by atoms with van der Waals surface area (Å²) >= 11 is 0. The summed E-state index contributed by atoms with van der Waals surface area (Å²) in [5.74, 6) is 0.349.